The lowest BCUT2D eigenvalue weighted by atomic mass is 9.86. The van der Waals surface area contributed by atoms with Gasteiger partial charge in [0.15, 0.2) is 6.61 Å². The van der Waals surface area contributed by atoms with E-state index in [4.69, 9.17) is 14.1 Å². The van der Waals surface area contributed by atoms with Crippen molar-refractivity contribution in [2.24, 2.45) is 0 Å². The molecule has 7 heteroatoms. The molecule has 2 aromatic carbocycles. The molecule has 2 aromatic heterocycles. The maximum atomic E-state index is 13.8. The molecule has 1 amide bonds. The van der Waals surface area contributed by atoms with Crippen LogP contribution >= 0.6 is 0 Å². The average molecular weight is 456 g/mol. The first kappa shape index (κ1) is 21.6. The van der Waals surface area contributed by atoms with Gasteiger partial charge in [0, 0.05) is 5.39 Å². The summed E-state index contributed by atoms with van der Waals surface area (Å²) in [6, 6.07) is 16.9. The van der Waals surface area contributed by atoms with Gasteiger partial charge in [-0.05, 0) is 66.8 Å². The minimum atomic E-state index is -0.621. The third-order valence-corrected chi connectivity index (χ3v) is 5.72. The summed E-state index contributed by atoms with van der Waals surface area (Å²) in [5.41, 5.74) is 3.61. The maximum Gasteiger partial charge on any atom is 0.339 e. The highest BCUT2D eigenvalue weighted by molar-refractivity contribution is 6.07. The minimum absolute atomic E-state index is 0.0306. The van der Waals surface area contributed by atoms with E-state index < -0.39 is 24.3 Å². The fraction of sp³-hybridized carbons (Fsp3) is 0.148. The Hall–Kier alpha value is -4.26. The molecule has 0 radical (unpaired) electrons. The fourth-order valence-corrected chi connectivity index (χ4v) is 4.21. The molecule has 1 aliphatic carbocycles. The van der Waals surface area contributed by atoms with E-state index in [0.29, 0.717) is 28.6 Å². The molecule has 5 rings (SSSR count). The number of anilines is 1. The molecule has 0 spiro atoms. The third-order valence-electron chi connectivity index (χ3n) is 5.72. The molecule has 0 unspecified atom stereocenters. The van der Waals surface area contributed by atoms with Gasteiger partial charge in [0.2, 0.25) is 0 Å². The summed E-state index contributed by atoms with van der Waals surface area (Å²) in [5, 5.41) is 3.09. The molecule has 0 aliphatic heterocycles. The molecule has 34 heavy (non-hydrogen) atoms. The number of allylic oxidation sites excluding steroid dienone is 1. The van der Waals surface area contributed by atoms with Crippen molar-refractivity contribution < 1.29 is 23.1 Å². The smallest absolute Gasteiger partial charge is 0.339 e. The van der Waals surface area contributed by atoms with Crippen molar-refractivity contribution >= 4 is 40.1 Å². The zero-order chi connectivity index (χ0) is 23.5. The van der Waals surface area contributed by atoms with Crippen LogP contribution in [0.4, 0.5) is 10.1 Å². The average Bonchev–Trinajstić information content (AvgIpc) is 3.36. The van der Waals surface area contributed by atoms with E-state index in [9.17, 15) is 14.0 Å². The molecule has 1 N–H and O–H groups in total. The summed E-state index contributed by atoms with van der Waals surface area (Å²) < 4.78 is 24.7. The lowest BCUT2D eigenvalue weighted by molar-refractivity contribution is -0.119. The van der Waals surface area contributed by atoms with Crippen LogP contribution in [-0.2, 0) is 16.0 Å². The second-order valence-electron chi connectivity index (χ2n) is 7.97. The van der Waals surface area contributed by atoms with Crippen LogP contribution < -0.4 is 5.32 Å². The molecule has 0 saturated carbocycles. The number of carbonyl (C=O) groups excluding carboxylic acids is 2. The first-order chi connectivity index (χ1) is 16.6. The SMILES string of the molecule is O=C(COC(=O)c1c2c(nc3ccccc13)C(=Cc1ccco1)CCC2)Nc1ccccc1F. The number of nitrogens with zero attached hydrogens (tertiary/aromatic N) is 1. The van der Waals surface area contributed by atoms with Gasteiger partial charge in [-0.15, -0.1) is 0 Å². The first-order valence-corrected chi connectivity index (χ1v) is 11.0. The number of amides is 1. The van der Waals surface area contributed by atoms with Crippen molar-refractivity contribution in [1.82, 2.24) is 4.98 Å². The normalized spacial score (nSPS) is 14.1. The van der Waals surface area contributed by atoms with Gasteiger partial charge in [0.25, 0.3) is 5.91 Å². The van der Waals surface area contributed by atoms with E-state index in [2.05, 4.69) is 5.32 Å². The number of nitrogens with one attached hydrogen (secondary N) is 1. The second-order valence-corrected chi connectivity index (χ2v) is 7.97. The number of esters is 1. The first-order valence-electron chi connectivity index (χ1n) is 11.0. The van der Waals surface area contributed by atoms with Crippen molar-refractivity contribution in [2.45, 2.75) is 19.3 Å². The number of para-hydroxylation sites is 2. The van der Waals surface area contributed by atoms with E-state index in [-0.39, 0.29) is 5.69 Å². The third kappa shape index (κ3) is 4.32. The monoisotopic (exact) mass is 456 g/mol. The van der Waals surface area contributed by atoms with Gasteiger partial charge >= 0.3 is 5.97 Å². The highest BCUT2D eigenvalue weighted by atomic mass is 19.1. The number of carbonyl (C=O) groups is 2. The summed E-state index contributed by atoms with van der Waals surface area (Å²) in [7, 11) is 0. The number of aromatic nitrogens is 1. The number of halogens is 1. The lowest BCUT2D eigenvalue weighted by Gasteiger charge is -2.22. The Kier molecular flexibility index (Phi) is 5.91. The van der Waals surface area contributed by atoms with E-state index in [0.717, 1.165) is 29.7 Å². The predicted molar refractivity (Wildman–Crippen MR) is 127 cm³/mol. The van der Waals surface area contributed by atoms with Gasteiger partial charge in [0.05, 0.1) is 28.7 Å². The van der Waals surface area contributed by atoms with E-state index in [1.54, 1.807) is 12.3 Å². The molecular formula is C27H21FN2O4. The standard InChI is InChI=1S/C27H21FN2O4/c28-21-11-2-4-13-23(21)29-24(31)16-34-27(32)25-19-9-1-3-12-22(19)30-26-17(7-5-10-20(25)26)15-18-8-6-14-33-18/h1-4,6,8-9,11-15H,5,7,10,16H2,(H,29,31). The van der Waals surface area contributed by atoms with Crippen LogP contribution in [0.5, 0.6) is 0 Å². The van der Waals surface area contributed by atoms with Crippen molar-refractivity contribution in [3.8, 4) is 0 Å². The molecule has 1 aliphatic rings. The van der Waals surface area contributed by atoms with Crippen LogP contribution in [0, 0.1) is 5.82 Å². The van der Waals surface area contributed by atoms with Crippen molar-refractivity contribution in [2.75, 3.05) is 11.9 Å². The highest BCUT2D eigenvalue weighted by Gasteiger charge is 2.26. The topological polar surface area (TPSA) is 81.4 Å². The molecule has 0 saturated heterocycles. The fourth-order valence-electron chi connectivity index (χ4n) is 4.21. The number of ether oxygens (including phenoxy) is 1. The summed E-state index contributed by atoms with van der Waals surface area (Å²) in [4.78, 5) is 30.4. The van der Waals surface area contributed by atoms with E-state index >= 15 is 0 Å². The number of pyridine rings is 1. The molecule has 170 valence electrons. The van der Waals surface area contributed by atoms with Gasteiger partial charge in [0.1, 0.15) is 11.6 Å². The Labute approximate surface area is 195 Å². The van der Waals surface area contributed by atoms with Crippen LogP contribution in [0.2, 0.25) is 0 Å². The van der Waals surface area contributed by atoms with Crippen LogP contribution in [-0.4, -0.2) is 23.5 Å². The summed E-state index contributed by atoms with van der Waals surface area (Å²) in [5.74, 6) is -1.08. The quantitative estimate of drug-likeness (QED) is 0.393. The molecular weight excluding hydrogens is 435 g/mol. The van der Waals surface area contributed by atoms with Gasteiger partial charge in [-0.25, -0.2) is 14.2 Å². The van der Waals surface area contributed by atoms with Gasteiger partial charge < -0.3 is 14.5 Å². The maximum absolute atomic E-state index is 13.8. The predicted octanol–water partition coefficient (Wildman–Crippen LogP) is 5.64. The number of hydrogen-bond donors (Lipinski definition) is 1. The minimum Gasteiger partial charge on any atom is -0.465 e. The number of rotatable bonds is 5. The van der Waals surface area contributed by atoms with E-state index in [1.165, 1.54) is 18.2 Å². The molecule has 0 bridgehead atoms. The summed E-state index contributed by atoms with van der Waals surface area (Å²) in [6.45, 7) is -0.534. The Bertz CT molecular complexity index is 1410. The Morgan fingerprint density at radius 1 is 1.06 bits per heavy atom. The van der Waals surface area contributed by atoms with Gasteiger partial charge in [-0.2, -0.15) is 0 Å². The van der Waals surface area contributed by atoms with Crippen LogP contribution in [0.15, 0.2) is 71.3 Å². The number of benzene rings is 2. The second kappa shape index (κ2) is 9.31. The molecule has 4 aromatic rings. The summed E-state index contributed by atoms with van der Waals surface area (Å²) in [6.07, 6.45) is 5.86. The van der Waals surface area contributed by atoms with Gasteiger partial charge in [-0.3, -0.25) is 4.79 Å². The van der Waals surface area contributed by atoms with Crippen molar-refractivity contribution in [1.29, 1.82) is 0 Å². The lowest BCUT2D eigenvalue weighted by Crippen LogP contribution is -2.23. The zero-order valence-corrected chi connectivity index (χ0v) is 18.2. The number of furan rings is 1. The van der Waals surface area contributed by atoms with Gasteiger partial charge in [-0.1, -0.05) is 30.3 Å². The van der Waals surface area contributed by atoms with E-state index in [1.807, 2.05) is 42.5 Å². The van der Waals surface area contributed by atoms with Crippen molar-refractivity contribution in [3.05, 3.63) is 95.3 Å². The molecule has 0 atom stereocenters. The largest absolute Gasteiger partial charge is 0.465 e. The molecule has 6 nitrogen and oxygen atoms in total. The Morgan fingerprint density at radius 2 is 1.88 bits per heavy atom. The highest BCUT2D eigenvalue weighted by Crippen LogP contribution is 2.36. The Morgan fingerprint density at radius 3 is 2.71 bits per heavy atom. The summed E-state index contributed by atoms with van der Waals surface area (Å²) >= 11 is 0. The molecule has 2 heterocycles. The number of hydrogen-bond acceptors (Lipinski definition) is 5. The zero-order valence-electron chi connectivity index (χ0n) is 18.2. The van der Waals surface area contributed by atoms with Crippen LogP contribution in [0.3, 0.4) is 0 Å². The van der Waals surface area contributed by atoms with Crippen LogP contribution in [0.1, 0.15) is 40.2 Å². The molecule has 0 fully saturated rings. The Balaban J connectivity index is 1.46. The van der Waals surface area contributed by atoms with Crippen LogP contribution in [0.25, 0.3) is 22.6 Å². The number of fused-ring (bicyclic) bond motifs is 2. The van der Waals surface area contributed by atoms with Crippen molar-refractivity contribution in [3.63, 3.8) is 0 Å².